The number of hydrogen-bond acceptors (Lipinski definition) is 2. The van der Waals surface area contributed by atoms with E-state index in [1.54, 1.807) is 19.2 Å². The molecule has 0 aliphatic rings. The monoisotopic (exact) mass is 198 g/mol. The molecule has 1 aromatic rings. The average Bonchev–Trinajstić information content (AvgIpc) is 2.20. The summed E-state index contributed by atoms with van der Waals surface area (Å²) in [4.78, 5) is 0. The summed E-state index contributed by atoms with van der Waals surface area (Å²) >= 11 is 0. The van der Waals surface area contributed by atoms with Crippen LogP contribution < -0.4 is 0 Å². The summed E-state index contributed by atoms with van der Waals surface area (Å²) in [5.41, 5.74) is 1.22. The molecule has 14 heavy (non-hydrogen) atoms. The van der Waals surface area contributed by atoms with Crippen LogP contribution in [0.2, 0.25) is 0 Å². The van der Waals surface area contributed by atoms with E-state index in [1.165, 1.54) is 0 Å². The van der Waals surface area contributed by atoms with Gasteiger partial charge < -0.3 is 9.84 Å². The molecule has 1 N–H and O–H groups in total. The average molecular weight is 198 g/mol. The molecule has 0 heterocycles. The van der Waals surface area contributed by atoms with Gasteiger partial charge in [0.2, 0.25) is 0 Å². The lowest BCUT2D eigenvalue weighted by atomic mass is 10.1. The van der Waals surface area contributed by atoms with Crippen molar-refractivity contribution >= 4 is 0 Å². The van der Waals surface area contributed by atoms with Crippen LogP contribution in [0, 0.1) is 5.82 Å². The van der Waals surface area contributed by atoms with Crippen molar-refractivity contribution in [2.24, 2.45) is 0 Å². The lowest BCUT2D eigenvalue weighted by Gasteiger charge is -2.06. The third-order valence-electron chi connectivity index (χ3n) is 2.06. The van der Waals surface area contributed by atoms with E-state index in [9.17, 15) is 4.39 Å². The minimum Gasteiger partial charge on any atom is -0.396 e. The van der Waals surface area contributed by atoms with E-state index < -0.39 is 0 Å². The highest BCUT2D eigenvalue weighted by Gasteiger charge is 2.06. The normalized spacial score (nSPS) is 10.5. The Bertz CT molecular complexity index is 287. The van der Waals surface area contributed by atoms with Crippen molar-refractivity contribution in [1.82, 2.24) is 0 Å². The predicted octanol–water partition coefficient (Wildman–Crippen LogP) is 1.90. The van der Waals surface area contributed by atoms with E-state index in [4.69, 9.17) is 9.84 Å². The Balaban J connectivity index is 2.78. The predicted molar refractivity (Wildman–Crippen MR) is 52.5 cm³/mol. The molecular formula is C11H15FO2. The van der Waals surface area contributed by atoms with E-state index in [1.807, 2.05) is 6.07 Å². The van der Waals surface area contributed by atoms with Gasteiger partial charge in [-0.1, -0.05) is 18.2 Å². The number of aliphatic hydroxyl groups excluding tert-OH is 1. The topological polar surface area (TPSA) is 29.5 Å². The van der Waals surface area contributed by atoms with E-state index >= 15 is 0 Å². The largest absolute Gasteiger partial charge is 0.396 e. The summed E-state index contributed by atoms with van der Waals surface area (Å²) in [5.74, 6) is -0.206. The number of benzene rings is 1. The van der Waals surface area contributed by atoms with E-state index in [-0.39, 0.29) is 12.4 Å². The zero-order chi connectivity index (χ0) is 10.4. The standard InChI is InChI=1S/C11H15FO2/c1-14-8-10-5-2-4-9(11(10)12)6-3-7-13/h2,4-5,13H,3,6-8H2,1H3. The molecule has 0 bridgehead atoms. The number of rotatable bonds is 5. The Morgan fingerprint density at radius 1 is 1.36 bits per heavy atom. The molecule has 3 heteroatoms. The van der Waals surface area contributed by atoms with Crippen molar-refractivity contribution in [1.29, 1.82) is 0 Å². The number of aliphatic hydroxyl groups is 1. The molecule has 0 aromatic heterocycles. The fraction of sp³-hybridized carbons (Fsp3) is 0.455. The fourth-order valence-corrected chi connectivity index (χ4v) is 1.36. The van der Waals surface area contributed by atoms with Crippen molar-refractivity contribution in [3.8, 4) is 0 Å². The highest BCUT2D eigenvalue weighted by atomic mass is 19.1. The Morgan fingerprint density at radius 3 is 2.71 bits per heavy atom. The Hall–Kier alpha value is -0.930. The first-order chi connectivity index (χ1) is 6.79. The first-order valence-electron chi connectivity index (χ1n) is 4.65. The summed E-state index contributed by atoms with van der Waals surface area (Å²) in [7, 11) is 1.54. The molecule has 1 rings (SSSR count). The van der Waals surface area contributed by atoms with Gasteiger partial charge in [-0.25, -0.2) is 4.39 Å². The summed E-state index contributed by atoms with van der Waals surface area (Å²) in [6.45, 7) is 0.382. The van der Waals surface area contributed by atoms with Gasteiger partial charge in [0.25, 0.3) is 0 Å². The SMILES string of the molecule is COCc1cccc(CCCO)c1F. The second-order valence-electron chi connectivity index (χ2n) is 3.15. The lowest BCUT2D eigenvalue weighted by Crippen LogP contribution is -1.99. The molecular weight excluding hydrogens is 183 g/mol. The molecule has 2 nitrogen and oxygen atoms in total. The molecule has 0 saturated heterocycles. The maximum atomic E-state index is 13.6. The minimum atomic E-state index is -0.206. The lowest BCUT2D eigenvalue weighted by molar-refractivity contribution is 0.181. The van der Waals surface area contributed by atoms with Gasteiger partial charge in [-0.05, 0) is 18.4 Å². The van der Waals surface area contributed by atoms with Crippen molar-refractivity contribution in [2.75, 3.05) is 13.7 Å². The van der Waals surface area contributed by atoms with Gasteiger partial charge in [-0.3, -0.25) is 0 Å². The number of ether oxygens (including phenoxy) is 1. The van der Waals surface area contributed by atoms with Crippen LogP contribution in [-0.4, -0.2) is 18.8 Å². The van der Waals surface area contributed by atoms with Crippen LogP contribution in [0.3, 0.4) is 0 Å². The van der Waals surface area contributed by atoms with Crippen LogP contribution in [-0.2, 0) is 17.8 Å². The van der Waals surface area contributed by atoms with E-state index in [2.05, 4.69) is 0 Å². The summed E-state index contributed by atoms with van der Waals surface area (Å²) in [6.07, 6.45) is 1.16. The minimum absolute atomic E-state index is 0.0912. The van der Waals surface area contributed by atoms with Crippen molar-refractivity contribution in [2.45, 2.75) is 19.4 Å². The highest BCUT2D eigenvalue weighted by Crippen LogP contribution is 2.15. The number of methoxy groups -OCH3 is 1. The number of hydrogen-bond donors (Lipinski definition) is 1. The Morgan fingerprint density at radius 2 is 2.07 bits per heavy atom. The first-order valence-corrected chi connectivity index (χ1v) is 4.65. The molecule has 0 atom stereocenters. The van der Waals surface area contributed by atoms with Crippen LogP contribution in [0.1, 0.15) is 17.5 Å². The molecule has 1 aromatic carbocycles. The molecule has 0 amide bonds. The summed E-state index contributed by atoms with van der Waals surface area (Å²) in [5, 5.41) is 8.64. The zero-order valence-corrected chi connectivity index (χ0v) is 8.29. The van der Waals surface area contributed by atoms with Crippen LogP contribution in [0.25, 0.3) is 0 Å². The Kier molecular flexibility index (Phi) is 4.56. The number of aryl methyl sites for hydroxylation is 1. The second-order valence-corrected chi connectivity index (χ2v) is 3.15. The third kappa shape index (κ3) is 2.79. The quantitative estimate of drug-likeness (QED) is 0.783. The Labute approximate surface area is 83.3 Å². The smallest absolute Gasteiger partial charge is 0.131 e. The molecule has 0 aliphatic heterocycles. The maximum Gasteiger partial charge on any atom is 0.131 e. The van der Waals surface area contributed by atoms with E-state index in [0.29, 0.717) is 30.6 Å². The molecule has 0 fully saturated rings. The van der Waals surface area contributed by atoms with Crippen molar-refractivity contribution in [3.05, 3.63) is 35.1 Å². The van der Waals surface area contributed by atoms with Gasteiger partial charge in [0.05, 0.1) is 6.61 Å². The van der Waals surface area contributed by atoms with Gasteiger partial charge >= 0.3 is 0 Å². The molecule has 0 unspecified atom stereocenters. The first kappa shape index (κ1) is 11.1. The van der Waals surface area contributed by atoms with Gasteiger partial charge in [0, 0.05) is 19.3 Å². The van der Waals surface area contributed by atoms with Gasteiger partial charge in [-0.2, -0.15) is 0 Å². The van der Waals surface area contributed by atoms with Crippen molar-refractivity contribution in [3.63, 3.8) is 0 Å². The van der Waals surface area contributed by atoms with Crippen LogP contribution in [0.15, 0.2) is 18.2 Å². The van der Waals surface area contributed by atoms with Gasteiger partial charge in [-0.15, -0.1) is 0 Å². The number of halogens is 1. The van der Waals surface area contributed by atoms with Crippen LogP contribution in [0.4, 0.5) is 4.39 Å². The molecule has 0 aliphatic carbocycles. The highest BCUT2D eigenvalue weighted by molar-refractivity contribution is 5.25. The fourth-order valence-electron chi connectivity index (χ4n) is 1.36. The third-order valence-corrected chi connectivity index (χ3v) is 2.06. The summed E-state index contributed by atoms with van der Waals surface area (Å²) < 4.78 is 18.5. The molecule has 0 saturated carbocycles. The maximum absolute atomic E-state index is 13.6. The molecule has 0 radical (unpaired) electrons. The van der Waals surface area contributed by atoms with E-state index in [0.717, 1.165) is 0 Å². The van der Waals surface area contributed by atoms with Crippen molar-refractivity contribution < 1.29 is 14.2 Å². The summed E-state index contributed by atoms with van der Waals surface area (Å²) in [6, 6.07) is 5.26. The van der Waals surface area contributed by atoms with Crippen LogP contribution in [0.5, 0.6) is 0 Å². The van der Waals surface area contributed by atoms with Gasteiger partial charge in [0.15, 0.2) is 0 Å². The van der Waals surface area contributed by atoms with Crippen LogP contribution >= 0.6 is 0 Å². The molecule has 78 valence electrons. The van der Waals surface area contributed by atoms with Gasteiger partial charge in [0.1, 0.15) is 5.82 Å². The zero-order valence-electron chi connectivity index (χ0n) is 8.29. The second kappa shape index (κ2) is 5.73. The molecule has 0 spiro atoms.